The molecule has 0 saturated carbocycles. The van der Waals surface area contributed by atoms with Crippen molar-refractivity contribution < 1.29 is 14.3 Å². The highest BCUT2D eigenvalue weighted by Crippen LogP contribution is 2.15. The first-order valence-electron chi connectivity index (χ1n) is 9.61. The maximum atomic E-state index is 11.9. The first-order chi connectivity index (χ1) is 13.4. The van der Waals surface area contributed by atoms with Crippen LogP contribution in [0.25, 0.3) is 0 Å². The van der Waals surface area contributed by atoms with Crippen LogP contribution in [0.3, 0.4) is 0 Å². The molecule has 0 bridgehead atoms. The summed E-state index contributed by atoms with van der Waals surface area (Å²) in [4.78, 5) is 33.9. The molecule has 2 rings (SSSR count). The van der Waals surface area contributed by atoms with E-state index >= 15 is 0 Å². The number of likely N-dealkylation sites (N-methyl/N-ethyl adjacent to an activating group) is 1. The van der Waals surface area contributed by atoms with Crippen LogP contribution in [-0.2, 0) is 16.1 Å². The van der Waals surface area contributed by atoms with E-state index in [0.717, 1.165) is 12.8 Å². The third-order valence-corrected chi connectivity index (χ3v) is 5.46. The summed E-state index contributed by atoms with van der Waals surface area (Å²) >= 11 is 1.73. The average Bonchev–Trinajstić information content (AvgIpc) is 3.09. The molecule has 1 aromatic rings. The Bertz CT molecular complexity index is 681. The molecule has 0 spiro atoms. The number of carbonyl (C=O) groups is 2. The minimum Gasteiger partial charge on any atom is -0.450 e. The molecular formula is C19H31N5O3S. The van der Waals surface area contributed by atoms with Gasteiger partial charge in [-0.2, -0.15) is 0 Å². The van der Waals surface area contributed by atoms with Gasteiger partial charge in [0.25, 0.3) is 0 Å². The number of nitrogens with zero attached hydrogens (tertiary/aromatic N) is 3. The van der Waals surface area contributed by atoms with Crippen molar-refractivity contribution in [1.82, 2.24) is 20.4 Å². The van der Waals surface area contributed by atoms with Gasteiger partial charge in [0.05, 0.1) is 13.2 Å². The van der Waals surface area contributed by atoms with Gasteiger partial charge >= 0.3 is 6.09 Å². The molecule has 2 heterocycles. The van der Waals surface area contributed by atoms with Gasteiger partial charge in [-0.15, -0.1) is 11.3 Å². The van der Waals surface area contributed by atoms with Crippen molar-refractivity contribution in [3.05, 3.63) is 21.9 Å². The molecule has 8 nitrogen and oxygen atoms in total. The summed E-state index contributed by atoms with van der Waals surface area (Å²) in [5.41, 5.74) is 0. The Kier molecular flexibility index (Phi) is 8.56. The van der Waals surface area contributed by atoms with Gasteiger partial charge in [-0.1, -0.05) is 0 Å². The van der Waals surface area contributed by atoms with Crippen LogP contribution in [0.1, 0.15) is 29.5 Å². The van der Waals surface area contributed by atoms with E-state index in [4.69, 9.17) is 4.74 Å². The van der Waals surface area contributed by atoms with E-state index < -0.39 is 0 Å². The maximum Gasteiger partial charge on any atom is 0.409 e. The monoisotopic (exact) mass is 409 g/mol. The predicted molar refractivity (Wildman–Crippen MR) is 112 cm³/mol. The van der Waals surface area contributed by atoms with Gasteiger partial charge in [-0.05, 0) is 38.8 Å². The molecule has 0 unspecified atom stereocenters. The molecule has 0 atom stereocenters. The number of hydrogen-bond acceptors (Lipinski definition) is 5. The van der Waals surface area contributed by atoms with Crippen molar-refractivity contribution in [3.8, 4) is 0 Å². The summed E-state index contributed by atoms with van der Waals surface area (Å²) in [6.07, 6.45) is 1.36. The third-order valence-electron chi connectivity index (χ3n) is 4.46. The third kappa shape index (κ3) is 7.03. The smallest absolute Gasteiger partial charge is 0.409 e. The van der Waals surface area contributed by atoms with Gasteiger partial charge in [-0.3, -0.25) is 4.79 Å². The second-order valence-electron chi connectivity index (χ2n) is 6.92. The van der Waals surface area contributed by atoms with E-state index in [0.29, 0.717) is 32.2 Å². The molecule has 1 fully saturated rings. The summed E-state index contributed by atoms with van der Waals surface area (Å²) in [5.74, 6) is 0.570. The fourth-order valence-electron chi connectivity index (χ4n) is 2.81. The largest absolute Gasteiger partial charge is 0.450 e. The van der Waals surface area contributed by atoms with Crippen LogP contribution >= 0.6 is 11.3 Å². The first kappa shape index (κ1) is 22.0. The molecule has 156 valence electrons. The number of nitrogens with one attached hydrogen (secondary N) is 2. The number of rotatable bonds is 6. The van der Waals surface area contributed by atoms with Crippen molar-refractivity contribution in [2.45, 2.75) is 39.3 Å². The van der Waals surface area contributed by atoms with Crippen LogP contribution in [0.4, 0.5) is 4.79 Å². The molecule has 0 aromatic carbocycles. The van der Waals surface area contributed by atoms with Crippen LogP contribution in [0.5, 0.6) is 0 Å². The highest BCUT2D eigenvalue weighted by atomic mass is 32.1. The predicted octanol–water partition coefficient (Wildman–Crippen LogP) is 1.80. The molecule has 1 aliphatic heterocycles. The minimum absolute atomic E-state index is 0.0507. The Hall–Kier alpha value is -2.29. The van der Waals surface area contributed by atoms with Crippen molar-refractivity contribution >= 4 is 29.3 Å². The maximum absolute atomic E-state index is 11.9. The van der Waals surface area contributed by atoms with Gasteiger partial charge in [0.2, 0.25) is 5.91 Å². The number of thiophene rings is 1. The second kappa shape index (κ2) is 10.9. The molecule has 0 aliphatic carbocycles. The number of likely N-dealkylation sites (tertiary alicyclic amines) is 1. The molecular weight excluding hydrogens is 378 g/mol. The van der Waals surface area contributed by atoms with Crippen molar-refractivity contribution in [2.75, 3.05) is 40.3 Å². The molecule has 2 amide bonds. The fraction of sp³-hybridized carbons (Fsp3) is 0.632. The number of ether oxygens (including phenoxy) is 1. The lowest BCUT2D eigenvalue weighted by molar-refractivity contribution is -0.127. The topological polar surface area (TPSA) is 86.3 Å². The SMILES string of the molecule is CCOC(=O)N1CCC(NC(=NCC(=O)N(C)C)NCc2ccc(C)s2)CC1. The number of aryl methyl sites for hydroxylation is 1. The normalized spacial score (nSPS) is 15.3. The second-order valence-corrected chi connectivity index (χ2v) is 8.30. The molecule has 9 heteroatoms. The van der Waals surface area contributed by atoms with E-state index in [9.17, 15) is 9.59 Å². The zero-order chi connectivity index (χ0) is 20.5. The van der Waals surface area contributed by atoms with Crippen molar-refractivity contribution in [2.24, 2.45) is 4.99 Å². The number of guanidine groups is 1. The Morgan fingerprint density at radius 1 is 1.32 bits per heavy atom. The van der Waals surface area contributed by atoms with E-state index in [1.54, 1.807) is 30.3 Å². The van der Waals surface area contributed by atoms with Gasteiger partial charge in [0, 0.05) is 43.0 Å². The molecule has 28 heavy (non-hydrogen) atoms. The van der Waals surface area contributed by atoms with Crippen LogP contribution < -0.4 is 10.6 Å². The molecule has 1 aliphatic rings. The Morgan fingerprint density at radius 2 is 2.04 bits per heavy atom. The van der Waals surface area contributed by atoms with Crippen LogP contribution in [0, 0.1) is 6.92 Å². The van der Waals surface area contributed by atoms with Crippen molar-refractivity contribution in [1.29, 1.82) is 0 Å². The quantitative estimate of drug-likeness (QED) is 0.553. The number of carbonyl (C=O) groups excluding carboxylic acids is 2. The Morgan fingerprint density at radius 3 is 2.61 bits per heavy atom. The van der Waals surface area contributed by atoms with E-state index in [1.165, 1.54) is 14.7 Å². The zero-order valence-corrected chi connectivity index (χ0v) is 18.0. The summed E-state index contributed by atoms with van der Waals surface area (Å²) < 4.78 is 5.06. The van der Waals surface area contributed by atoms with Gasteiger partial charge in [0.1, 0.15) is 6.54 Å². The highest BCUT2D eigenvalue weighted by Gasteiger charge is 2.24. The first-order valence-corrected chi connectivity index (χ1v) is 10.4. The summed E-state index contributed by atoms with van der Waals surface area (Å²) in [6.45, 7) is 6.31. The van der Waals surface area contributed by atoms with Crippen LogP contribution in [-0.4, -0.2) is 74.1 Å². The van der Waals surface area contributed by atoms with Gasteiger partial charge in [-0.25, -0.2) is 9.79 Å². The Labute approximate surface area is 170 Å². The summed E-state index contributed by atoms with van der Waals surface area (Å²) in [6, 6.07) is 4.37. The number of hydrogen-bond donors (Lipinski definition) is 2. The highest BCUT2D eigenvalue weighted by molar-refractivity contribution is 7.11. The summed E-state index contributed by atoms with van der Waals surface area (Å²) in [5, 5.41) is 6.73. The Balaban J connectivity index is 1.92. The number of aliphatic imine (C=N–C) groups is 1. The number of amides is 2. The molecule has 0 radical (unpaired) electrons. The average molecular weight is 410 g/mol. The van der Waals surface area contributed by atoms with E-state index in [1.807, 2.05) is 6.92 Å². The van der Waals surface area contributed by atoms with E-state index in [2.05, 4.69) is 34.7 Å². The molecule has 1 saturated heterocycles. The molecule has 1 aromatic heterocycles. The minimum atomic E-state index is -0.252. The van der Waals surface area contributed by atoms with E-state index in [-0.39, 0.29) is 24.6 Å². The lowest BCUT2D eigenvalue weighted by Gasteiger charge is -2.32. The molecule has 2 N–H and O–H groups in total. The van der Waals surface area contributed by atoms with Crippen molar-refractivity contribution in [3.63, 3.8) is 0 Å². The van der Waals surface area contributed by atoms with Crippen LogP contribution in [0.15, 0.2) is 17.1 Å². The summed E-state index contributed by atoms with van der Waals surface area (Å²) in [7, 11) is 3.44. The van der Waals surface area contributed by atoms with Crippen LogP contribution in [0.2, 0.25) is 0 Å². The van der Waals surface area contributed by atoms with Gasteiger partial charge in [0.15, 0.2) is 5.96 Å². The standard InChI is InChI=1S/C19H31N5O3S/c1-5-27-19(26)24-10-8-15(9-11-24)22-18(21-13-17(25)23(3)4)20-12-16-7-6-14(2)28-16/h6-7,15H,5,8-13H2,1-4H3,(H2,20,21,22). The lowest BCUT2D eigenvalue weighted by atomic mass is 10.1. The number of piperidine rings is 1. The lowest BCUT2D eigenvalue weighted by Crippen LogP contribution is -2.50. The fourth-order valence-corrected chi connectivity index (χ4v) is 3.64. The zero-order valence-electron chi connectivity index (χ0n) is 17.2. The van der Waals surface area contributed by atoms with Gasteiger partial charge < -0.3 is 25.2 Å².